The molecule has 0 spiro atoms. The molecule has 0 radical (unpaired) electrons. The molecule has 0 aliphatic heterocycles. The summed E-state index contributed by atoms with van der Waals surface area (Å²) in [5.41, 5.74) is 7.48. The molecule has 0 atom stereocenters. The highest BCUT2D eigenvalue weighted by Crippen LogP contribution is 2.55. The van der Waals surface area contributed by atoms with Crippen molar-refractivity contribution in [2.45, 2.75) is 145 Å². The molecule has 0 amide bonds. The summed E-state index contributed by atoms with van der Waals surface area (Å²) in [7, 11) is 0. The molecule has 0 bridgehead atoms. The van der Waals surface area contributed by atoms with Crippen molar-refractivity contribution >= 4 is 0 Å². The highest BCUT2D eigenvalue weighted by molar-refractivity contribution is 5.59. The third kappa shape index (κ3) is 5.62. The Morgan fingerprint density at radius 2 is 0.611 bits per heavy atom. The first kappa shape index (κ1) is 30.6. The molecule has 1 N–H and O–H groups in total. The first-order valence-corrected chi connectivity index (χ1v) is 13.8. The Morgan fingerprint density at radius 1 is 0.417 bits per heavy atom. The topological polar surface area (TPSA) is 20.2 Å². The number of hydrogen-bond donors (Lipinski definition) is 1. The highest BCUT2D eigenvalue weighted by Gasteiger charge is 2.51. The van der Waals surface area contributed by atoms with Crippen molar-refractivity contribution in [3.05, 3.63) is 68.8 Å². The van der Waals surface area contributed by atoms with Crippen molar-refractivity contribution in [1.82, 2.24) is 0 Å². The van der Waals surface area contributed by atoms with Crippen LogP contribution in [-0.2, 0) is 27.3 Å². The second kappa shape index (κ2) is 9.00. The van der Waals surface area contributed by atoms with Crippen LogP contribution in [0, 0.1) is 19.3 Å². The summed E-state index contributed by atoms with van der Waals surface area (Å²) in [6.45, 7) is 38.4. The predicted octanol–water partition coefficient (Wildman–Crippen LogP) is 9.78. The molecule has 0 saturated carbocycles. The molecule has 0 saturated heterocycles. The summed E-state index contributed by atoms with van der Waals surface area (Å²) in [4.78, 5) is 0. The molecular formula is C35H56O. The normalized spacial score (nSPS) is 14.4. The SMILES string of the molecule is Cc1cc(C(C)(C)C)c(C(O)(c2c(C(C)(C)C)cc(C)cc2C(C)(C)C)C(C)(C)C)c(C(C)(C)C)c1. The van der Waals surface area contributed by atoms with Gasteiger partial charge in [-0.2, -0.15) is 0 Å². The number of aliphatic hydroxyl groups is 1. The van der Waals surface area contributed by atoms with Gasteiger partial charge in [0.15, 0.2) is 0 Å². The number of benzene rings is 2. The van der Waals surface area contributed by atoms with Gasteiger partial charge in [-0.25, -0.2) is 0 Å². The largest absolute Gasteiger partial charge is 0.380 e. The van der Waals surface area contributed by atoms with Gasteiger partial charge in [-0.1, -0.05) is 139 Å². The molecule has 2 aromatic carbocycles. The van der Waals surface area contributed by atoms with Crippen LogP contribution in [0.15, 0.2) is 24.3 Å². The standard InChI is InChI=1S/C35H56O/c1-22-18-24(30(3,4)5)28(25(19-22)31(6,7)8)35(36,34(15,16)17)29-26(32(9,10)11)20-23(2)21-27(29)33(12,13)14/h18-21,36H,1-17H3. The molecular weight excluding hydrogens is 436 g/mol. The molecule has 0 fully saturated rings. The Hall–Kier alpha value is -1.60. The van der Waals surface area contributed by atoms with E-state index >= 15 is 0 Å². The molecule has 36 heavy (non-hydrogen) atoms. The zero-order valence-corrected chi connectivity index (χ0v) is 26.8. The molecule has 1 heteroatoms. The van der Waals surface area contributed by atoms with Gasteiger partial charge in [-0.15, -0.1) is 0 Å². The van der Waals surface area contributed by atoms with E-state index in [9.17, 15) is 5.11 Å². The lowest BCUT2D eigenvalue weighted by Crippen LogP contribution is -2.47. The van der Waals surface area contributed by atoms with Crippen LogP contribution < -0.4 is 0 Å². The van der Waals surface area contributed by atoms with Crippen LogP contribution >= 0.6 is 0 Å². The zero-order chi connectivity index (χ0) is 28.4. The molecule has 0 aliphatic rings. The van der Waals surface area contributed by atoms with Gasteiger partial charge in [0, 0.05) is 0 Å². The van der Waals surface area contributed by atoms with Gasteiger partial charge in [0.05, 0.1) is 0 Å². The first-order chi connectivity index (χ1) is 15.7. The molecule has 0 unspecified atom stereocenters. The van der Waals surface area contributed by atoms with Gasteiger partial charge >= 0.3 is 0 Å². The van der Waals surface area contributed by atoms with Crippen LogP contribution in [0.2, 0.25) is 0 Å². The van der Waals surface area contributed by atoms with E-state index in [0.29, 0.717) is 0 Å². The molecule has 1 nitrogen and oxygen atoms in total. The van der Waals surface area contributed by atoms with Crippen molar-refractivity contribution in [2.24, 2.45) is 5.41 Å². The lowest BCUT2D eigenvalue weighted by molar-refractivity contribution is -0.0312. The first-order valence-electron chi connectivity index (χ1n) is 13.8. The van der Waals surface area contributed by atoms with Gasteiger partial charge in [-0.3, -0.25) is 0 Å². The minimum atomic E-state index is -1.20. The Morgan fingerprint density at radius 3 is 0.750 bits per heavy atom. The van der Waals surface area contributed by atoms with E-state index in [-0.39, 0.29) is 21.7 Å². The number of rotatable bonds is 2. The number of hydrogen-bond acceptors (Lipinski definition) is 1. The quantitative estimate of drug-likeness (QED) is 0.442. The summed E-state index contributed by atoms with van der Waals surface area (Å²) in [5, 5.41) is 13.6. The fourth-order valence-corrected chi connectivity index (χ4v) is 5.59. The van der Waals surface area contributed by atoms with Crippen molar-refractivity contribution < 1.29 is 5.11 Å². The molecule has 0 aliphatic carbocycles. The van der Waals surface area contributed by atoms with Crippen molar-refractivity contribution in [3.8, 4) is 0 Å². The maximum Gasteiger partial charge on any atom is 0.121 e. The van der Waals surface area contributed by atoms with E-state index < -0.39 is 11.0 Å². The monoisotopic (exact) mass is 492 g/mol. The van der Waals surface area contributed by atoms with Crippen LogP contribution in [0.1, 0.15) is 148 Å². The molecule has 0 aromatic heterocycles. The summed E-state index contributed by atoms with van der Waals surface area (Å²) in [6.07, 6.45) is 0. The Bertz CT molecular complexity index is 958. The molecule has 2 aromatic rings. The summed E-state index contributed by atoms with van der Waals surface area (Å²) >= 11 is 0. The minimum Gasteiger partial charge on any atom is -0.380 e. The van der Waals surface area contributed by atoms with Gasteiger partial charge < -0.3 is 5.11 Å². The average molecular weight is 493 g/mol. The van der Waals surface area contributed by atoms with Crippen LogP contribution in [0.4, 0.5) is 0 Å². The maximum atomic E-state index is 13.6. The lowest BCUT2D eigenvalue weighted by atomic mass is 9.57. The summed E-state index contributed by atoms with van der Waals surface area (Å²) < 4.78 is 0. The predicted molar refractivity (Wildman–Crippen MR) is 160 cm³/mol. The third-order valence-electron chi connectivity index (χ3n) is 7.61. The average Bonchev–Trinajstić information content (AvgIpc) is 2.62. The van der Waals surface area contributed by atoms with Crippen LogP contribution in [0.5, 0.6) is 0 Å². The Balaban J connectivity index is 3.44. The smallest absolute Gasteiger partial charge is 0.121 e. The number of aryl methyl sites for hydroxylation is 2. The summed E-state index contributed by atoms with van der Waals surface area (Å²) in [5.74, 6) is 0. The Labute approximate surface area is 224 Å². The van der Waals surface area contributed by atoms with E-state index in [2.05, 4.69) is 142 Å². The van der Waals surface area contributed by atoms with E-state index in [1.54, 1.807) is 0 Å². The van der Waals surface area contributed by atoms with Crippen molar-refractivity contribution in [1.29, 1.82) is 0 Å². The van der Waals surface area contributed by atoms with Crippen LogP contribution in [-0.4, -0.2) is 5.11 Å². The fourth-order valence-electron chi connectivity index (χ4n) is 5.59. The van der Waals surface area contributed by atoms with Crippen molar-refractivity contribution in [3.63, 3.8) is 0 Å². The highest BCUT2D eigenvalue weighted by atomic mass is 16.3. The van der Waals surface area contributed by atoms with Gasteiger partial charge in [0.25, 0.3) is 0 Å². The van der Waals surface area contributed by atoms with Gasteiger partial charge in [0.1, 0.15) is 5.60 Å². The maximum absolute atomic E-state index is 13.6. The Kier molecular flexibility index (Phi) is 7.66. The molecule has 202 valence electrons. The van der Waals surface area contributed by atoms with Crippen LogP contribution in [0.25, 0.3) is 0 Å². The second-order valence-electron chi connectivity index (χ2n) is 16.4. The van der Waals surface area contributed by atoms with E-state index in [1.165, 1.54) is 33.4 Å². The van der Waals surface area contributed by atoms with Gasteiger partial charge in [0.2, 0.25) is 0 Å². The molecule has 0 heterocycles. The fraction of sp³-hybridized carbons (Fsp3) is 0.657. The van der Waals surface area contributed by atoms with Crippen LogP contribution in [0.3, 0.4) is 0 Å². The second-order valence-corrected chi connectivity index (χ2v) is 16.4. The lowest BCUT2D eigenvalue weighted by Gasteiger charge is -2.50. The minimum absolute atomic E-state index is 0.130. The van der Waals surface area contributed by atoms with Crippen molar-refractivity contribution in [2.75, 3.05) is 0 Å². The third-order valence-corrected chi connectivity index (χ3v) is 7.61. The van der Waals surface area contributed by atoms with Gasteiger partial charge in [-0.05, 0) is 74.3 Å². The van der Waals surface area contributed by atoms with E-state index in [1.807, 2.05) is 0 Å². The molecule has 2 rings (SSSR count). The summed E-state index contributed by atoms with van der Waals surface area (Å²) in [6, 6.07) is 9.29. The van der Waals surface area contributed by atoms with E-state index in [4.69, 9.17) is 0 Å². The van der Waals surface area contributed by atoms with E-state index in [0.717, 1.165) is 11.1 Å². The zero-order valence-electron chi connectivity index (χ0n) is 26.8.